The first-order valence-corrected chi connectivity index (χ1v) is 6.00. The number of hydrogen-bond donors (Lipinski definition) is 1. The quantitative estimate of drug-likeness (QED) is 0.685. The average Bonchev–Trinajstić information content (AvgIpc) is 2.79. The molecule has 0 atom stereocenters. The van der Waals surface area contributed by atoms with Crippen LogP contribution < -0.4 is 10.5 Å². The van der Waals surface area contributed by atoms with Crippen molar-refractivity contribution in [1.82, 2.24) is 0 Å². The van der Waals surface area contributed by atoms with E-state index in [1.807, 2.05) is 6.07 Å². The lowest BCUT2D eigenvalue weighted by Gasteiger charge is -2.03. The number of nitriles is 1. The molecule has 0 bridgehead atoms. The van der Waals surface area contributed by atoms with Crippen LogP contribution in [0.5, 0.6) is 5.75 Å². The monoisotopic (exact) mass is 275 g/mol. The van der Waals surface area contributed by atoms with Gasteiger partial charge in [0.25, 0.3) is 0 Å². The van der Waals surface area contributed by atoms with Crippen LogP contribution in [0.25, 0.3) is 10.4 Å². The Balaban J connectivity index is 2.54. The van der Waals surface area contributed by atoms with Crippen LogP contribution in [0.4, 0.5) is 11.4 Å². The van der Waals surface area contributed by atoms with Gasteiger partial charge in [-0.2, -0.15) is 5.26 Å². The highest BCUT2D eigenvalue weighted by Crippen LogP contribution is 2.37. The van der Waals surface area contributed by atoms with Crippen molar-refractivity contribution in [3.8, 4) is 22.3 Å². The van der Waals surface area contributed by atoms with E-state index in [0.717, 1.165) is 0 Å². The highest BCUT2D eigenvalue weighted by atomic mass is 32.1. The van der Waals surface area contributed by atoms with E-state index in [1.165, 1.54) is 30.6 Å². The largest absolute Gasteiger partial charge is 0.490 e. The zero-order valence-corrected chi connectivity index (χ0v) is 10.7. The summed E-state index contributed by atoms with van der Waals surface area (Å²) in [6.45, 7) is 0. The number of anilines is 1. The second kappa shape index (κ2) is 4.96. The summed E-state index contributed by atoms with van der Waals surface area (Å²) < 4.78 is 4.93. The van der Waals surface area contributed by atoms with E-state index in [2.05, 4.69) is 0 Å². The van der Waals surface area contributed by atoms with Crippen LogP contribution in [0, 0.1) is 21.4 Å². The molecule has 0 aliphatic heterocycles. The molecule has 2 N–H and O–H groups in total. The number of benzene rings is 1. The number of nitro benzene ring substituents is 1. The number of rotatable bonds is 3. The molecule has 0 saturated carbocycles. The summed E-state index contributed by atoms with van der Waals surface area (Å²) in [5, 5.41) is 19.8. The Bertz CT molecular complexity index is 688. The Morgan fingerprint density at radius 1 is 1.47 bits per heavy atom. The third-order valence-electron chi connectivity index (χ3n) is 2.52. The Labute approximate surface area is 112 Å². The predicted octanol–water partition coefficient (Wildman–Crippen LogP) is 2.79. The molecule has 7 heteroatoms. The van der Waals surface area contributed by atoms with Crippen molar-refractivity contribution in [2.75, 3.05) is 12.8 Å². The highest BCUT2D eigenvalue weighted by Gasteiger charge is 2.17. The molecular formula is C12H9N3O3S. The number of hydrogen-bond acceptors (Lipinski definition) is 6. The summed E-state index contributed by atoms with van der Waals surface area (Å²) in [5.74, 6) is 0.193. The molecule has 1 aromatic heterocycles. The van der Waals surface area contributed by atoms with Crippen molar-refractivity contribution in [2.45, 2.75) is 0 Å². The number of thiophene rings is 1. The summed E-state index contributed by atoms with van der Waals surface area (Å²) in [7, 11) is 1.37. The normalized spacial score (nSPS) is 9.89. The van der Waals surface area contributed by atoms with Gasteiger partial charge in [-0.25, -0.2) is 0 Å². The van der Waals surface area contributed by atoms with Crippen molar-refractivity contribution in [1.29, 1.82) is 5.26 Å². The van der Waals surface area contributed by atoms with Crippen molar-refractivity contribution >= 4 is 22.7 Å². The second-order valence-corrected chi connectivity index (χ2v) is 4.70. The van der Waals surface area contributed by atoms with Crippen LogP contribution in [0.15, 0.2) is 24.3 Å². The number of nitrogens with zero attached hydrogens (tertiary/aromatic N) is 2. The van der Waals surface area contributed by atoms with Gasteiger partial charge in [-0.15, -0.1) is 11.3 Å². The fourth-order valence-corrected chi connectivity index (χ4v) is 2.49. The molecule has 1 heterocycles. The van der Waals surface area contributed by atoms with Gasteiger partial charge in [0.2, 0.25) is 0 Å². The minimum Gasteiger partial charge on any atom is -0.490 e. The standard InChI is InChI=1S/C12H9N3O3S/c1-18-10-3-2-7(4-9(10)15(16)17)11-5-8(14)12(6-13)19-11/h2-5H,14H2,1H3. The van der Waals surface area contributed by atoms with Crippen molar-refractivity contribution < 1.29 is 9.66 Å². The maximum Gasteiger partial charge on any atom is 0.311 e. The number of methoxy groups -OCH3 is 1. The molecule has 0 aliphatic carbocycles. The van der Waals surface area contributed by atoms with E-state index < -0.39 is 4.92 Å². The molecule has 0 radical (unpaired) electrons. The van der Waals surface area contributed by atoms with Crippen molar-refractivity contribution in [2.24, 2.45) is 0 Å². The summed E-state index contributed by atoms with van der Waals surface area (Å²) in [5.41, 5.74) is 6.56. The van der Waals surface area contributed by atoms with Gasteiger partial charge >= 0.3 is 5.69 Å². The van der Waals surface area contributed by atoms with Crippen LogP contribution in [0.1, 0.15) is 4.88 Å². The summed E-state index contributed by atoms with van der Waals surface area (Å²) in [4.78, 5) is 11.5. The van der Waals surface area contributed by atoms with Crippen LogP contribution in [0.2, 0.25) is 0 Å². The molecule has 0 unspecified atom stereocenters. The maximum absolute atomic E-state index is 10.9. The van der Waals surface area contributed by atoms with Crippen LogP contribution in [0.3, 0.4) is 0 Å². The first kappa shape index (κ1) is 12.9. The molecule has 0 spiro atoms. The maximum atomic E-state index is 10.9. The number of nitrogen functional groups attached to an aromatic ring is 1. The van der Waals surface area contributed by atoms with Gasteiger partial charge in [-0.1, -0.05) is 0 Å². The van der Waals surface area contributed by atoms with E-state index in [4.69, 9.17) is 15.7 Å². The molecule has 0 amide bonds. The average molecular weight is 275 g/mol. The van der Waals surface area contributed by atoms with Gasteiger partial charge in [-0.3, -0.25) is 10.1 Å². The third-order valence-corrected chi connectivity index (χ3v) is 3.63. The number of ether oxygens (including phenoxy) is 1. The van der Waals surface area contributed by atoms with Crippen molar-refractivity contribution in [3.05, 3.63) is 39.3 Å². The fraction of sp³-hybridized carbons (Fsp3) is 0.0833. The van der Waals surface area contributed by atoms with E-state index in [0.29, 0.717) is 21.0 Å². The summed E-state index contributed by atoms with van der Waals surface area (Å²) >= 11 is 1.20. The predicted molar refractivity (Wildman–Crippen MR) is 72.1 cm³/mol. The first-order valence-electron chi connectivity index (χ1n) is 5.19. The lowest BCUT2D eigenvalue weighted by molar-refractivity contribution is -0.385. The Kier molecular flexibility index (Phi) is 3.35. The van der Waals surface area contributed by atoms with E-state index in [-0.39, 0.29) is 11.4 Å². The van der Waals surface area contributed by atoms with Gasteiger partial charge < -0.3 is 10.5 Å². The van der Waals surface area contributed by atoms with Gasteiger partial charge in [0.15, 0.2) is 5.75 Å². The first-order chi connectivity index (χ1) is 9.06. The summed E-state index contributed by atoms with van der Waals surface area (Å²) in [6, 6.07) is 8.24. The lowest BCUT2D eigenvalue weighted by Crippen LogP contribution is -1.93. The molecule has 0 saturated heterocycles. The topological polar surface area (TPSA) is 102 Å². The van der Waals surface area contributed by atoms with Gasteiger partial charge in [0.05, 0.1) is 17.7 Å². The number of nitro groups is 1. The Morgan fingerprint density at radius 2 is 2.21 bits per heavy atom. The Morgan fingerprint density at radius 3 is 2.74 bits per heavy atom. The summed E-state index contributed by atoms with van der Waals surface area (Å²) in [6.07, 6.45) is 0. The highest BCUT2D eigenvalue weighted by molar-refractivity contribution is 7.16. The SMILES string of the molecule is COc1ccc(-c2cc(N)c(C#N)s2)cc1[N+](=O)[O-]. The van der Waals surface area contributed by atoms with Crippen molar-refractivity contribution in [3.63, 3.8) is 0 Å². The van der Waals surface area contributed by atoms with Crippen LogP contribution in [-0.4, -0.2) is 12.0 Å². The molecule has 0 aliphatic rings. The van der Waals surface area contributed by atoms with Gasteiger partial charge in [0, 0.05) is 10.9 Å². The minimum atomic E-state index is -0.509. The van der Waals surface area contributed by atoms with Crippen LogP contribution in [-0.2, 0) is 0 Å². The minimum absolute atomic E-state index is 0.120. The van der Waals surface area contributed by atoms with Crippen LogP contribution >= 0.6 is 11.3 Å². The molecule has 1 aromatic carbocycles. The number of nitrogens with two attached hydrogens (primary N) is 1. The molecular weight excluding hydrogens is 266 g/mol. The molecule has 6 nitrogen and oxygen atoms in total. The molecule has 19 heavy (non-hydrogen) atoms. The van der Waals surface area contributed by atoms with Gasteiger partial charge in [0.1, 0.15) is 10.9 Å². The second-order valence-electron chi connectivity index (χ2n) is 3.65. The van der Waals surface area contributed by atoms with E-state index >= 15 is 0 Å². The zero-order chi connectivity index (χ0) is 14.0. The van der Waals surface area contributed by atoms with E-state index in [1.54, 1.807) is 12.1 Å². The molecule has 2 rings (SSSR count). The Hall–Kier alpha value is -2.59. The fourth-order valence-electron chi connectivity index (χ4n) is 1.62. The smallest absolute Gasteiger partial charge is 0.311 e. The van der Waals surface area contributed by atoms with Gasteiger partial charge in [-0.05, 0) is 23.8 Å². The lowest BCUT2D eigenvalue weighted by atomic mass is 10.1. The molecule has 2 aromatic rings. The third kappa shape index (κ3) is 2.34. The molecule has 0 fully saturated rings. The van der Waals surface area contributed by atoms with E-state index in [9.17, 15) is 10.1 Å². The zero-order valence-electron chi connectivity index (χ0n) is 9.91. The molecule has 96 valence electrons.